The van der Waals surface area contributed by atoms with Crippen LogP contribution in [0.3, 0.4) is 0 Å². The van der Waals surface area contributed by atoms with Crippen LogP contribution in [0.2, 0.25) is 0 Å². The van der Waals surface area contributed by atoms with Gasteiger partial charge in [0.05, 0.1) is 12.7 Å². The predicted octanol–water partition coefficient (Wildman–Crippen LogP) is 0.652. The average molecular weight is 305 g/mol. The van der Waals surface area contributed by atoms with Crippen molar-refractivity contribution < 1.29 is 9.53 Å². The van der Waals surface area contributed by atoms with E-state index in [1.54, 1.807) is 14.1 Å². The first kappa shape index (κ1) is 15.0. The van der Waals surface area contributed by atoms with E-state index in [9.17, 15) is 4.79 Å². The van der Waals surface area contributed by atoms with Crippen molar-refractivity contribution in [1.82, 2.24) is 20.2 Å². The maximum absolute atomic E-state index is 11.5. The summed E-state index contributed by atoms with van der Waals surface area (Å²) in [5.41, 5.74) is 1.27. The molecule has 2 aliphatic heterocycles. The lowest BCUT2D eigenvalue weighted by Crippen LogP contribution is -2.57. The number of carbonyl (C=O) groups is 1. The Morgan fingerprint density at radius 3 is 2.77 bits per heavy atom. The summed E-state index contributed by atoms with van der Waals surface area (Å²) in [6, 6.07) is -0.0761. The van der Waals surface area contributed by atoms with Crippen LogP contribution in [-0.2, 0) is 4.74 Å². The molecule has 1 aromatic heterocycles. The van der Waals surface area contributed by atoms with Crippen LogP contribution in [-0.4, -0.2) is 67.3 Å². The number of nitrogens with zero attached hydrogens (tertiary/aromatic N) is 4. The van der Waals surface area contributed by atoms with Gasteiger partial charge < -0.3 is 19.9 Å². The minimum Gasteiger partial charge on any atom is -0.376 e. The molecule has 0 aliphatic carbocycles. The number of hydrogen-bond donors (Lipinski definition) is 1. The molecule has 22 heavy (non-hydrogen) atoms. The second-order valence-electron chi connectivity index (χ2n) is 6.63. The molecule has 0 radical (unpaired) electrons. The Hall–Kier alpha value is -1.89. The highest BCUT2D eigenvalue weighted by molar-refractivity contribution is 5.73. The van der Waals surface area contributed by atoms with Gasteiger partial charge in [-0.1, -0.05) is 0 Å². The SMILES string of the molecule is Cc1cnc(N2CC3(COC(CNC(=O)N(C)C)C3)C2)nc1. The lowest BCUT2D eigenvalue weighted by Gasteiger charge is -2.47. The molecule has 0 aromatic carbocycles. The zero-order chi connectivity index (χ0) is 15.7. The molecule has 2 aliphatic rings. The highest BCUT2D eigenvalue weighted by Crippen LogP contribution is 2.42. The minimum absolute atomic E-state index is 0.0761. The number of ether oxygens (including phenoxy) is 1. The molecule has 2 saturated heterocycles. The van der Waals surface area contributed by atoms with Gasteiger partial charge in [0.2, 0.25) is 5.95 Å². The van der Waals surface area contributed by atoms with Crippen molar-refractivity contribution in [3.8, 4) is 0 Å². The summed E-state index contributed by atoms with van der Waals surface area (Å²) >= 11 is 0. The van der Waals surface area contributed by atoms with Crippen LogP contribution in [0.4, 0.5) is 10.7 Å². The number of urea groups is 1. The van der Waals surface area contributed by atoms with Gasteiger partial charge >= 0.3 is 6.03 Å². The highest BCUT2D eigenvalue weighted by atomic mass is 16.5. The standard InChI is InChI=1S/C15H23N5O2/c1-11-5-16-13(17-6-11)20-8-15(9-20)4-12(22-10-15)7-18-14(21)19(2)3/h5-6,12H,4,7-10H2,1-3H3,(H,18,21). The van der Waals surface area contributed by atoms with Gasteiger partial charge in [0, 0.05) is 51.5 Å². The maximum atomic E-state index is 11.5. The molecule has 1 atom stereocenters. The van der Waals surface area contributed by atoms with Gasteiger partial charge in [-0.25, -0.2) is 14.8 Å². The van der Waals surface area contributed by atoms with Gasteiger partial charge in [0.1, 0.15) is 0 Å². The fourth-order valence-electron chi connectivity index (χ4n) is 3.06. The molecule has 1 spiro atoms. The third-order valence-corrected chi connectivity index (χ3v) is 4.28. The van der Waals surface area contributed by atoms with Gasteiger partial charge in [0.15, 0.2) is 0 Å². The van der Waals surface area contributed by atoms with Crippen LogP contribution >= 0.6 is 0 Å². The van der Waals surface area contributed by atoms with Crippen molar-refractivity contribution >= 4 is 12.0 Å². The summed E-state index contributed by atoms with van der Waals surface area (Å²) < 4.78 is 5.84. The summed E-state index contributed by atoms with van der Waals surface area (Å²) in [5.74, 6) is 0.792. The molecule has 1 aromatic rings. The Kier molecular flexibility index (Phi) is 3.90. The molecule has 7 nitrogen and oxygen atoms in total. The zero-order valence-corrected chi connectivity index (χ0v) is 13.4. The third kappa shape index (κ3) is 2.99. The molecule has 7 heteroatoms. The first-order valence-electron chi connectivity index (χ1n) is 7.58. The Morgan fingerprint density at radius 2 is 2.14 bits per heavy atom. The summed E-state index contributed by atoms with van der Waals surface area (Å²) in [7, 11) is 3.47. The van der Waals surface area contributed by atoms with E-state index in [0.29, 0.717) is 6.54 Å². The average Bonchev–Trinajstić information content (AvgIpc) is 2.88. The Morgan fingerprint density at radius 1 is 1.45 bits per heavy atom. The molecule has 1 unspecified atom stereocenters. The molecule has 2 amide bonds. The molecule has 0 saturated carbocycles. The van der Waals surface area contributed by atoms with E-state index in [2.05, 4.69) is 20.2 Å². The van der Waals surface area contributed by atoms with E-state index < -0.39 is 0 Å². The van der Waals surface area contributed by atoms with Crippen LogP contribution in [0.1, 0.15) is 12.0 Å². The molecule has 1 N–H and O–H groups in total. The normalized spacial score (nSPS) is 22.5. The van der Waals surface area contributed by atoms with Crippen molar-refractivity contribution in [2.24, 2.45) is 5.41 Å². The van der Waals surface area contributed by atoms with E-state index >= 15 is 0 Å². The van der Waals surface area contributed by atoms with Gasteiger partial charge in [-0.15, -0.1) is 0 Å². The van der Waals surface area contributed by atoms with Crippen LogP contribution in [0.5, 0.6) is 0 Å². The fourth-order valence-corrected chi connectivity index (χ4v) is 3.06. The van der Waals surface area contributed by atoms with Crippen LogP contribution < -0.4 is 10.2 Å². The van der Waals surface area contributed by atoms with E-state index in [0.717, 1.165) is 37.6 Å². The smallest absolute Gasteiger partial charge is 0.316 e. The number of anilines is 1. The molecule has 120 valence electrons. The molecule has 3 rings (SSSR count). The second kappa shape index (κ2) is 5.72. The van der Waals surface area contributed by atoms with Crippen molar-refractivity contribution in [3.63, 3.8) is 0 Å². The molecule has 0 bridgehead atoms. The number of rotatable bonds is 3. The van der Waals surface area contributed by atoms with E-state index in [1.807, 2.05) is 19.3 Å². The van der Waals surface area contributed by atoms with Gasteiger partial charge in [-0.05, 0) is 18.9 Å². The largest absolute Gasteiger partial charge is 0.376 e. The lowest BCUT2D eigenvalue weighted by molar-refractivity contribution is 0.0870. The minimum atomic E-state index is -0.0761. The van der Waals surface area contributed by atoms with Crippen molar-refractivity contribution in [3.05, 3.63) is 18.0 Å². The Labute approximate surface area is 130 Å². The lowest BCUT2D eigenvalue weighted by atomic mass is 9.78. The highest BCUT2D eigenvalue weighted by Gasteiger charge is 2.49. The number of hydrogen-bond acceptors (Lipinski definition) is 5. The summed E-state index contributed by atoms with van der Waals surface area (Å²) in [5, 5.41) is 2.88. The van der Waals surface area contributed by atoms with Gasteiger partial charge in [-0.3, -0.25) is 0 Å². The number of aromatic nitrogens is 2. The van der Waals surface area contributed by atoms with Gasteiger partial charge in [0.25, 0.3) is 0 Å². The number of amides is 2. The maximum Gasteiger partial charge on any atom is 0.316 e. The summed E-state index contributed by atoms with van der Waals surface area (Å²) in [6.07, 6.45) is 4.77. The van der Waals surface area contributed by atoms with Gasteiger partial charge in [-0.2, -0.15) is 0 Å². The Balaban J connectivity index is 1.48. The van der Waals surface area contributed by atoms with E-state index in [4.69, 9.17) is 4.74 Å². The quantitative estimate of drug-likeness (QED) is 0.888. The summed E-state index contributed by atoms with van der Waals surface area (Å²) in [4.78, 5) is 24.0. The van der Waals surface area contributed by atoms with Crippen molar-refractivity contribution in [2.75, 3.05) is 45.2 Å². The first-order chi connectivity index (χ1) is 10.5. The summed E-state index contributed by atoms with van der Waals surface area (Å²) in [6.45, 7) is 5.15. The third-order valence-electron chi connectivity index (χ3n) is 4.28. The van der Waals surface area contributed by atoms with E-state index in [-0.39, 0.29) is 17.6 Å². The number of aryl methyl sites for hydroxylation is 1. The zero-order valence-electron chi connectivity index (χ0n) is 13.4. The van der Waals surface area contributed by atoms with Crippen LogP contribution in [0.15, 0.2) is 12.4 Å². The van der Waals surface area contributed by atoms with Crippen LogP contribution in [0, 0.1) is 12.3 Å². The first-order valence-corrected chi connectivity index (χ1v) is 7.58. The van der Waals surface area contributed by atoms with Crippen molar-refractivity contribution in [2.45, 2.75) is 19.4 Å². The topological polar surface area (TPSA) is 70.6 Å². The molecule has 2 fully saturated rings. The number of carbonyl (C=O) groups excluding carboxylic acids is 1. The predicted molar refractivity (Wildman–Crippen MR) is 82.9 cm³/mol. The molecular weight excluding hydrogens is 282 g/mol. The number of nitrogens with one attached hydrogen (secondary N) is 1. The molecule has 3 heterocycles. The van der Waals surface area contributed by atoms with Crippen molar-refractivity contribution in [1.29, 1.82) is 0 Å². The van der Waals surface area contributed by atoms with E-state index in [1.165, 1.54) is 4.90 Å². The Bertz CT molecular complexity index is 539. The second-order valence-corrected chi connectivity index (χ2v) is 6.63. The monoisotopic (exact) mass is 305 g/mol. The molecular formula is C15H23N5O2. The fraction of sp³-hybridized carbons (Fsp3) is 0.667. The van der Waals surface area contributed by atoms with Crippen LogP contribution in [0.25, 0.3) is 0 Å².